The SMILES string of the molecule is O=C(O)[C@H]1CCN(Cc2ccc(F)cc2F)C1. The quantitative estimate of drug-likeness (QED) is 0.878. The van der Waals surface area contributed by atoms with Crippen LogP contribution in [0.3, 0.4) is 0 Å². The molecule has 0 amide bonds. The molecule has 0 bridgehead atoms. The molecule has 1 aromatic rings. The third kappa shape index (κ3) is 2.79. The van der Waals surface area contributed by atoms with Crippen LogP contribution >= 0.6 is 0 Å². The van der Waals surface area contributed by atoms with Crippen molar-refractivity contribution >= 4 is 5.97 Å². The molecule has 1 fully saturated rings. The zero-order valence-electron chi connectivity index (χ0n) is 9.20. The van der Waals surface area contributed by atoms with Crippen molar-refractivity contribution in [2.24, 2.45) is 5.92 Å². The zero-order chi connectivity index (χ0) is 12.4. The van der Waals surface area contributed by atoms with E-state index in [-0.39, 0.29) is 5.92 Å². The van der Waals surface area contributed by atoms with E-state index in [1.54, 1.807) is 0 Å². The molecule has 1 aromatic carbocycles. The molecule has 1 aliphatic heterocycles. The first-order valence-corrected chi connectivity index (χ1v) is 5.45. The molecular weight excluding hydrogens is 228 g/mol. The molecule has 92 valence electrons. The third-order valence-corrected chi connectivity index (χ3v) is 3.03. The van der Waals surface area contributed by atoms with Crippen molar-refractivity contribution in [3.8, 4) is 0 Å². The lowest BCUT2D eigenvalue weighted by atomic mass is 10.1. The molecule has 0 aromatic heterocycles. The van der Waals surface area contributed by atoms with Gasteiger partial charge in [0.2, 0.25) is 0 Å². The number of nitrogens with zero attached hydrogens (tertiary/aromatic N) is 1. The summed E-state index contributed by atoms with van der Waals surface area (Å²) < 4.78 is 26.1. The molecule has 1 saturated heterocycles. The molecule has 1 N–H and O–H groups in total. The molecule has 1 heterocycles. The third-order valence-electron chi connectivity index (χ3n) is 3.03. The lowest BCUT2D eigenvalue weighted by molar-refractivity contribution is -0.141. The van der Waals surface area contributed by atoms with Crippen molar-refractivity contribution in [2.45, 2.75) is 13.0 Å². The molecule has 1 atom stereocenters. The van der Waals surface area contributed by atoms with E-state index in [1.165, 1.54) is 12.1 Å². The highest BCUT2D eigenvalue weighted by Gasteiger charge is 2.28. The van der Waals surface area contributed by atoms with E-state index in [2.05, 4.69) is 0 Å². The van der Waals surface area contributed by atoms with Crippen LogP contribution in [0.1, 0.15) is 12.0 Å². The monoisotopic (exact) mass is 241 g/mol. The fraction of sp³-hybridized carbons (Fsp3) is 0.417. The molecule has 2 rings (SSSR count). The van der Waals surface area contributed by atoms with Crippen molar-refractivity contribution < 1.29 is 18.7 Å². The fourth-order valence-electron chi connectivity index (χ4n) is 2.07. The number of halogens is 2. The van der Waals surface area contributed by atoms with Crippen molar-refractivity contribution in [1.29, 1.82) is 0 Å². The van der Waals surface area contributed by atoms with Gasteiger partial charge in [-0.25, -0.2) is 8.78 Å². The fourth-order valence-corrected chi connectivity index (χ4v) is 2.07. The maximum absolute atomic E-state index is 13.4. The number of benzene rings is 1. The maximum atomic E-state index is 13.4. The van der Waals surface area contributed by atoms with E-state index in [1.807, 2.05) is 4.90 Å². The van der Waals surface area contributed by atoms with Gasteiger partial charge < -0.3 is 5.11 Å². The first-order valence-electron chi connectivity index (χ1n) is 5.45. The zero-order valence-corrected chi connectivity index (χ0v) is 9.20. The molecule has 0 unspecified atom stereocenters. The molecule has 0 saturated carbocycles. The largest absolute Gasteiger partial charge is 0.481 e. The highest BCUT2D eigenvalue weighted by molar-refractivity contribution is 5.70. The summed E-state index contributed by atoms with van der Waals surface area (Å²) in [6.07, 6.45) is 0.581. The van der Waals surface area contributed by atoms with Gasteiger partial charge in [0.1, 0.15) is 11.6 Å². The Balaban J connectivity index is 2.00. The molecular formula is C12H13F2NO2. The second kappa shape index (κ2) is 4.79. The summed E-state index contributed by atoms with van der Waals surface area (Å²) in [5, 5.41) is 8.84. The Morgan fingerprint density at radius 3 is 2.82 bits per heavy atom. The number of carboxylic acids is 1. The number of carbonyl (C=O) groups is 1. The van der Waals surface area contributed by atoms with Gasteiger partial charge in [0.05, 0.1) is 5.92 Å². The average molecular weight is 241 g/mol. The standard InChI is InChI=1S/C12H13F2NO2/c13-10-2-1-8(11(14)5-10)6-15-4-3-9(7-15)12(16)17/h1-2,5,9H,3-4,6-7H2,(H,16,17)/t9-/m0/s1. The summed E-state index contributed by atoms with van der Waals surface area (Å²) in [7, 11) is 0. The van der Waals surface area contributed by atoms with Crippen LogP contribution in [0.4, 0.5) is 8.78 Å². The molecule has 17 heavy (non-hydrogen) atoms. The normalized spacial score (nSPS) is 20.7. The van der Waals surface area contributed by atoms with Crippen LogP contribution in [-0.2, 0) is 11.3 Å². The Labute approximate surface area is 97.7 Å². The van der Waals surface area contributed by atoms with Gasteiger partial charge in [-0.1, -0.05) is 6.07 Å². The number of rotatable bonds is 3. The molecule has 5 heteroatoms. The van der Waals surface area contributed by atoms with Crippen molar-refractivity contribution in [3.63, 3.8) is 0 Å². The minimum Gasteiger partial charge on any atom is -0.481 e. The summed E-state index contributed by atoms with van der Waals surface area (Å²) in [6, 6.07) is 3.46. The number of hydrogen-bond donors (Lipinski definition) is 1. The van der Waals surface area contributed by atoms with Gasteiger partial charge in [0.15, 0.2) is 0 Å². The van der Waals surface area contributed by atoms with E-state index >= 15 is 0 Å². The Bertz CT molecular complexity index is 437. The molecule has 0 spiro atoms. The lowest BCUT2D eigenvalue weighted by Crippen LogP contribution is -2.23. The van der Waals surface area contributed by atoms with Gasteiger partial charge in [-0.3, -0.25) is 9.69 Å². The van der Waals surface area contributed by atoms with E-state index in [0.717, 1.165) is 6.07 Å². The van der Waals surface area contributed by atoms with Gasteiger partial charge in [0, 0.05) is 24.7 Å². The van der Waals surface area contributed by atoms with Crippen LogP contribution in [0.5, 0.6) is 0 Å². The van der Waals surface area contributed by atoms with Crippen LogP contribution in [0.25, 0.3) is 0 Å². The van der Waals surface area contributed by atoms with Crippen LogP contribution in [0.15, 0.2) is 18.2 Å². The highest BCUT2D eigenvalue weighted by Crippen LogP contribution is 2.20. The van der Waals surface area contributed by atoms with E-state index < -0.39 is 17.6 Å². The minimum atomic E-state index is -0.813. The van der Waals surface area contributed by atoms with Crippen molar-refractivity contribution in [1.82, 2.24) is 4.90 Å². The summed E-state index contributed by atoms with van der Waals surface area (Å²) in [5.41, 5.74) is 0.400. The van der Waals surface area contributed by atoms with Crippen molar-refractivity contribution in [3.05, 3.63) is 35.4 Å². The van der Waals surface area contributed by atoms with Gasteiger partial charge in [-0.2, -0.15) is 0 Å². The second-order valence-corrected chi connectivity index (χ2v) is 4.29. The number of hydrogen-bond acceptors (Lipinski definition) is 2. The maximum Gasteiger partial charge on any atom is 0.307 e. The first kappa shape index (κ1) is 12.0. The Kier molecular flexibility index (Phi) is 3.38. The summed E-state index contributed by atoms with van der Waals surface area (Å²) in [6.45, 7) is 1.38. The summed E-state index contributed by atoms with van der Waals surface area (Å²) >= 11 is 0. The van der Waals surface area contributed by atoms with Crippen LogP contribution in [0.2, 0.25) is 0 Å². The lowest BCUT2D eigenvalue weighted by Gasteiger charge is -2.15. The van der Waals surface area contributed by atoms with Gasteiger partial charge in [0.25, 0.3) is 0 Å². The average Bonchev–Trinajstić information content (AvgIpc) is 2.71. The Morgan fingerprint density at radius 2 is 2.24 bits per heavy atom. The van der Waals surface area contributed by atoms with Gasteiger partial charge >= 0.3 is 5.97 Å². The Morgan fingerprint density at radius 1 is 1.47 bits per heavy atom. The predicted molar refractivity (Wildman–Crippen MR) is 57.4 cm³/mol. The predicted octanol–water partition coefficient (Wildman–Crippen LogP) is 1.87. The van der Waals surface area contributed by atoms with Gasteiger partial charge in [-0.15, -0.1) is 0 Å². The van der Waals surface area contributed by atoms with Crippen LogP contribution < -0.4 is 0 Å². The number of aliphatic carboxylic acids is 1. The summed E-state index contributed by atoms with van der Waals surface area (Å²) in [4.78, 5) is 12.6. The number of carboxylic acid groups (broad SMARTS) is 1. The first-order chi connectivity index (χ1) is 8.06. The van der Waals surface area contributed by atoms with Crippen LogP contribution in [0, 0.1) is 17.6 Å². The van der Waals surface area contributed by atoms with Crippen molar-refractivity contribution in [2.75, 3.05) is 13.1 Å². The molecule has 0 aliphatic carbocycles. The van der Waals surface area contributed by atoms with E-state index in [4.69, 9.17) is 5.11 Å². The topological polar surface area (TPSA) is 40.5 Å². The molecule has 1 aliphatic rings. The highest BCUT2D eigenvalue weighted by atomic mass is 19.1. The number of likely N-dealkylation sites (tertiary alicyclic amines) is 1. The van der Waals surface area contributed by atoms with E-state index in [9.17, 15) is 13.6 Å². The second-order valence-electron chi connectivity index (χ2n) is 4.29. The minimum absolute atomic E-state index is 0.329. The van der Waals surface area contributed by atoms with Crippen LogP contribution in [-0.4, -0.2) is 29.1 Å². The van der Waals surface area contributed by atoms with Gasteiger partial charge in [-0.05, 0) is 19.0 Å². The smallest absolute Gasteiger partial charge is 0.307 e. The molecule has 0 radical (unpaired) electrons. The summed E-state index contributed by atoms with van der Waals surface area (Å²) in [5.74, 6) is -2.37. The Hall–Kier alpha value is -1.49. The van der Waals surface area contributed by atoms with E-state index in [0.29, 0.717) is 31.6 Å². The molecule has 3 nitrogen and oxygen atoms in total.